The molecule has 0 saturated carbocycles. The molecule has 152 valence electrons. The van der Waals surface area contributed by atoms with E-state index in [0.29, 0.717) is 0 Å². The Hall–Kier alpha value is -2.66. The molecule has 5 nitrogen and oxygen atoms in total. The second kappa shape index (κ2) is 7.99. The molecule has 0 N–H and O–H groups in total. The number of hydrogen-bond acceptors (Lipinski definition) is 5. The number of fused-ring (bicyclic) bond motifs is 2. The lowest BCUT2D eigenvalue weighted by Gasteiger charge is -2.45. The van der Waals surface area contributed by atoms with Gasteiger partial charge in [0.25, 0.3) is 0 Å². The van der Waals surface area contributed by atoms with E-state index in [1.165, 1.54) is 0 Å². The van der Waals surface area contributed by atoms with Gasteiger partial charge in [0.05, 0.1) is 6.04 Å². The summed E-state index contributed by atoms with van der Waals surface area (Å²) in [5, 5.41) is 0. The Labute approximate surface area is 171 Å². The number of aryl methyl sites for hydroxylation is 1. The van der Waals surface area contributed by atoms with Gasteiger partial charge in [-0.25, -0.2) is 9.59 Å². The fourth-order valence-electron chi connectivity index (χ4n) is 4.77. The predicted octanol–water partition coefficient (Wildman–Crippen LogP) is 4.04. The van der Waals surface area contributed by atoms with Crippen LogP contribution in [0, 0.1) is 0 Å². The summed E-state index contributed by atoms with van der Waals surface area (Å²) in [6, 6.07) is 15.9. The van der Waals surface area contributed by atoms with Crippen molar-refractivity contribution in [2.45, 2.75) is 51.4 Å². The summed E-state index contributed by atoms with van der Waals surface area (Å²) < 4.78 is 11.6. The van der Waals surface area contributed by atoms with E-state index < -0.39 is 17.7 Å². The van der Waals surface area contributed by atoms with Crippen molar-refractivity contribution in [2.24, 2.45) is 0 Å². The number of carbonyl (C=O) groups excluding carboxylic acids is 2. The third-order valence-corrected chi connectivity index (χ3v) is 5.83. The number of esters is 2. The fraction of sp³-hybridized carbons (Fsp3) is 0.417. The van der Waals surface area contributed by atoms with Crippen molar-refractivity contribution in [3.8, 4) is 11.1 Å². The molecule has 1 aliphatic heterocycles. The summed E-state index contributed by atoms with van der Waals surface area (Å²) in [4.78, 5) is 26.9. The molecule has 1 saturated heterocycles. The maximum Gasteiger partial charge on any atom is 0.421 e. The quantitative estimate of drug-likeness (QED) is 0.548. The lowest BCUT2D eigenvalue weighted by molar-refractivity contribution is -0.217. The maximum absolute atomic E-state index is 12.3. The van der Waals surface area contributed by atoms with Gasteiger partial charge in [0.2, 0.25) is 0 Å². The van der Waals surface area contributed by atoms with Crippen molar-refractivity contribution < 1.29 is 19.1 Å². The molecule has 1 aliphatic carbocycles. The highest BCUT2D eigenvalue weighted by atomic mass is 16.8. The van der Waals surface area contributed by atoms with E-state index in [4.69, 9.17) is 9.47 Å². The second-order valence-corrected chi connectivity index (χ2v) is 7.74. The topological polar surface area (TPSA) is 55.8 Å². The first-order valence-corrected chi connectivity index (χ1v) is 10.5. The fourth-order valence-corrected chi connectivity index (χ4v) is 4.77. The van der Waals surface area contributed by atoms with Gasteiger partial charge in [-0.15, -0.1) is 0 Å². The molecule has 2 aliphatic rings. The zero-order valence-corrected chi connectivity index (χ0v) is 17.0. The highest BCUT2D eigenvalue weighted by Crippen LogP contribution is 2.49. The van der Waals surface area contributed by atoms with E-state index >= 15 is 0 Å². The Bertz CT molecular complexity index is 886. The Morgan fingerprint density at radius 1 is 0.931 bits per heavy atom. The lowest BCUT2D eigenvalue weighted by Crippen LogP contribution is -2.55. The molecule has 4 rings (SSSR count). The molecule has 1 unspecified atom stereocenters. The number of hydrogen-bond donors (Lipinski definition) is 0. The summed E-state index contributed by atoms with van der Waals surface area (Å²) in [6.07, 6.45) is 3.57. The first-order valence-electron chi connectivity index (χ1n) is 10.5. The Kier molecular flexibility index (Phi) is 5.41. The van der Waals surface area contributed by atoms with E-state index in [9.17, 15) is 9.59 Å². The zero-order valence-electron chi connectivity index (χ0n) is 17.0. The van der Waals surface area contributed by atoms with Crippen LogP contribution in [0.15, 0.2) is 48.5 Å². The Morgan fingerprint density at radius 2 is 1.59 bits per heavy atom. The Balaban J connectivity index is 1.91. The molecule has 0 bridgehead atoms. The molecule has 1 heterocycles. The molecular weight excluding hydrogens is 366 g/mol. The molecule has 0 aromatic heterocycles. The average molecular weight is 393 g/mol. The highest BCUT2D eigenvalue weighted by Gasteiger charge is 2.60. The molecule has 0 radical (unpaired) electrons. The summed E-state index contributed by atoms with van der Waals surface area (Å²) in [5.74, 6) is -3.20. The SMILES string of the molecule is CCCN(CCC)C1CCc2cccc(-c3ccccc3)c2C12OC(=O)C(=O)O2. The van der Waals surface area contributed by atoms with Crippen LogP contribution in [0.25, 0.3) is 11.1 Å². The van der Waals surface area contributed by atoms with Crippen LogP contribution < -0.4 is 0 Å². The van der Waals surface area contributed by atoms with Gasteiger partial charge >= 0.3 is 17.7 Å². The van der Waals surface area contributed by atoms with Crippen LogP contribution in [-0.2, 0) is 31.3 Å². The van der Waals surface area contributed by atoms with Crippen LogP contribution in [-0.4, -0.2) is 36.0 Å². The predicted molar refractivity (Wildman–Crippen MR) is 110 cm³/mol. The molecule has 1 fully saturated rings. The smallest absolute Gasteiger partial charge is 0.408 e. The molecule has 29 heavy (non-hydrogen) atoms. The molecule has 0 amide bonds. The minimum Gasteiger partial charge on any atom is -0.408 e. The molecule has 1 spiro atoms. The summed E-state index contributed by atoms with van der Waals surface area (Å²) >= 11 is 0. The van der Waals surface area contributed by atoms with Crippen molar-refractivity contribution in [2.75, 3.05) is 13.1 Å². The molecule has 1 atom stereocenters. The van der Waals surface area contributed by atoms with Gasteiger partial charge in [0.15, 0.2) is 0 Å². The molecule has 2 aromatic rings. The minimum absolute atomic E-state index is 0.199. The van der Waals surface area contributed by atoms with Gasteiger partial charge in [0, 0.05) is 5.56 Å². The van der Waals surface area contributed by atoms with Gasteiger partial charge in [-0.1, -0.05) is 62.4 Å². The van der Waals surface area contributed by atoms with E-state index in [-0.39, 0.29) is 6.04 Å². The zero-order chi connectivity index (χ0) is 20.4. The number of ether oxygens (including phenoxy) is 2. The van der Waals surface area contributed by atoms with Gasteiger partial charge < -0.3 is 9.47 Å². The van der Waals surface area contributed by atoms with Crippen molar-refractivity contribution in [3.05, 3.63) is 59.7 Å². The molecular formula is C24H27NO4. The van der Waals surface area contributed by atoms with E-state index in [2.05, 4.69) is 18.7 Å². The standard InChI is InChI=1S/C24H27NO4/c1-3-15-25(16-4-2)20-14-13-18-11-8-12-19(17-9-6-5-7-10-17)21(18)24(20)28-22(26)23(27)29-24/h5-12,20H,3-4,13-16H2,1-2H3. The van der Waals surface area contributed by atoms with E-state index in [1.807, 2.05) is 48.5 Å². The van der Waals surface area contributed by atoms with Gasteiger partial charge in [-0.05, 0) is 55.5 Å². The first kappa shape index (κ1) is 19.6. The number of benzene rings is 2. The molecule has 5 heteroatoms. The monoisotopic (exact) mass is 393 g/mol. The normalized spacial score (nSPS) is 19.9. The van der Waals surface area contributed by atoms with Crippen LogP contribution >= 0.6 is 0 Å². The number of nitrogens with zero attached hydrogens (tertiary/aromatic N) is 1. The third kappa shape index (κ3) is 3.33. The minimum atomic E-state index is -1.39. The lowest BCUT2D eigenvalue weighted by atomic mass is 9.78. The molecule has 2 aromatic carbocycles. The summed E-state index contributed by atoms with van der Waals surface area (Å²) in [6.45, 7) is 5.98. The number of rotatable bonds is 6. The Morgan fingerprint density at radius 3 is 2.21 bits per heavy atom. The maximum atomic E-state index is 12.3. The van der Waals surface area contributed by atoms with Crippen molar-refractivity contribution in [3.63, 3.8) is 0 Å². The van der Waals surface area contributed by atoms with Gasteiger partial charge in [-0.3, -0.25) is 4.90 Å². The van der Waals surface area contributed by atoms with Crippen molar-refractivity contribution >= 4 is 11.9 Å². The van der Waals surface area contributed by atoms with Crippen LogP contribution in [0.4, 0.5) is 0 Å². The highest BCUT2D eigenvalue weighted by molar-refractivity contribution is 6.31. The van der Waals surface area contributed by atoms with Crippen LogP contribution in [0.1, 0.15) is 44.2 Å². The van der Waals surface area contributed by atoms with E-state index in [0.717, 1.165) is 61.0 Å². The number of carbonyl (C=O) groups is 2. The van der Waals surface area contributed by atoms with Crippen LogP contribution in [0.3, 0.4) is 0 Å². The average Bonchev–Trinajstić information content (AvgIpc) is 3.03. The van der Waals surface area contributed by atoms with Crippen LogP contribution in [0.5, 0.6) is 0 Å². The van der Waals surface area contributed by atoms with Crippen molar-refractivity contribution in [1.82, 2.24) is 4.90 Å². The summed E-state index contributed by atoms with van der Waals surface area (Å²) in [5.41, 5.74) is 3.85. The third-order valence-electron chi connectivity index (χ3n) is 5.83. The van der Waals surface area contributed by atoms with Gasteiger partial charge in [-0.2, -0.15) is 0 Å². The van der Waals surface area contributed by atoms with E-state index in [1.54, 1.807) is 0 Å². The van der Waals surface area contributed by atoms with Crippen LogP contribution in [0.2, 0.25) is 0 Å². The largest absolute Gasteiger partial charge is 0.421 e. The summed E-state index contributed by atoms with van der Waals surface area (Å²) in [7, 11) is 0. The first-order chi connectivity index (χ1) is 14.1. The van der Waals surface area contributed by atoms with Crippen molar-refractivity contribution in [1.29, 1.82) is 0 Å². The van der Waals surface area contributed by atoms with Gasteiger partial charge in [0.1, 0.15) is 0 Å². The second-order valence-electron chi connectivity index (χ2n) is 7.74.